The first-order valence-corrected chi connectivity index (χ1v) is 10.5. The minimum atomic E-state index is -0.484. The zero-order chi connectivity index (χ0) is 22.5. The van der Waals surface area contributed by atoms with Crippen LogP contribution in [-0.4, -0.2) is 33.7 Å². The molecule has 0 saturated carbocycles. The second-order valence-electron chi connectivity index (χ2n) is 8.26. The first kappa shape index (κ1) is 19.8. The molecule has 0 saturated heterocycles. The van der Waals surface area contributed by atoms with Gasteiger partial charge in [0.05, 0.1) is 28.9 Å². The number of aromatic amines is 1. The summed E-state index contributed by atoms with van der Waals surface area (Å²) in [5.74, 6) is 1.14. The number of fused-ring (bicyclic) bond motifs is 3. The second kappa shape index (κ2) is 7.20. The largest absolute Gasteiger partial charge is 0.332 e. The molecule has 0 aliphatic carbocycles. The molecule has 0 fully saturated rings. The highest BCUT2D eigenvalue weighted by atomic mass is 16.1. The third kappa shape index (κ3) is 2.92. The van der Waals surface area contributed by atoms with E-state index in [1.807, 2.05) is 60.4 Å². The van der Waals surface area contributed by atoms with Crippen molar-refractivity contribution in [2.24, 2.45) is 0 Å². The number of nitriles is 1. The number of H-pyrrole nitrogens is 1. The van der Waals surface area contributed by atoms with Crippen LogP contribution in [0.1, 0.15) is 38.3 Å². The molecule has 0 amide bonds. The Morgan fingerprint density at radius 2 is 2.12 bits per heavy atom. The molecular weight excluding hydrogens is 404 g/mol. The van der Waals surface area contributed by atoms with E-state index in [1.54, 1.807) is 23.0 Å². The molecule has 0 atom stereocenters. The number of nitrogens with zero attached hydrogens (tertiary/aromatic N) is 7. The van der Waals surface area contributed by atoms with Crippen LogP contribution >= 0.6 is 0 Å². The van der Waals surface area contributed by atoms with Crippen molar-refractivity contribution in [1.29, 1.82) is 5.26 Å². The molecule has 4 aromatic heterocycles. The number of nitrogens with one attached hydrogen (secondary N) is 1. The Hall–Kier alpha value is -4.19. The van der Waals surface area contributed by atoms with Gasteiger partial charge < -0.3 is 4.98 Å². The molecule has 1 aromatic carbocycles. The number of aryl methyl sites for hydroxylation is 1. The Morgan fingerprint density at radius 1 is 1.28 bits per heavy atom. The summed E-state index contributed by atoms with van der Waals surface area (Å²) in [5, 5.41) is 13.8. The van der Waals surface area contributed by atoms with Gasteiger partial charge in [-0.05, 0) is 38.0 Å². The van der Waals surface area contributed by atoms with Crippen LogP contribution in [0.4, 0.5) is 0 Å². The average molecular weight is 426 g/mol. The van der Waals surface area contributed by atoms with Gasteiger partial charge in [0.1, 0.15) is 5.82 Å². The van der Waals surface area contributed by atoms with Crippen molar-refractivity contribution in [3.63, 3.8) is 0 Å². The summed E-state index contributed by atoms with van der Waals surface area (Å²) in [7, 11) is 0. The molecule has 0 bridgehead atoms. The van der Waals surface area contributed by atoms with Crippen LogP contribution in [0.25, 0.3) is 28.3 Å². The van der Waals surface area contributed by atoms with Crippen LogP contribution < -0.4 is 5.56 Å². The maximum absolute atomic E-state index is 13.1. The minimum absolute atomic E-state index is 0.139. The van der Waals surface area contributed by atoms with Crippen molar-refractivity contribution >= 4 is 16.9 Å². The quantitative estimate of drug-likeness (QED) is 0.464. The molecule has 160 valence electrons. The zero-order valence-electron chi connectivity index (χ0n) is 18.1. The molecule has 1 N–H and O–H groups in total. The second-order valence-corrected chi connectivity index (χ2v) is 8.26. The fraction of sp³-hybridized carbons (Fsp3) is 0.261. The maximum Gasteiger partial charge on any atom is 0.280 e. The number of rotatable bonds is 5. The van der Waals surface area contributed by atoms with Gasteiger partial charge in [0, 0.05) is 25.1 Å². The number of benzene rings is 1. The van der Waals surface area contributed by atoms with E-state index >= 15 is 0 Å². The molecule has 5 aromatic rings. The van der Waals surface area contributed by atoms with Crippen LogP contribution in [0.2, 0.25) is 0 Å². The lowest BCUT2D eigenvalue weighted by Crippen LogP contribution is -2.28. The topological polar surface area (TPSA) is 110 Å². The highest BCUT2D eigenvalue weighted by molar-refractivity contribution is 5.77. The zero-order valence-corrected chi connectivity index (χ0v) is 18.1. The third-order valence-corrected chi connectivity index (χ3v) is 5.81. The summed E-state index contributed by atoms with van der Waals surface area (Å²) in [4.78, 5) is 25.3. The monoisotopic (exact) mass is 426 g/mol. The number of hydrogen-bond donors (Lipinski definition) is 1. The van der Waals surface area contributed by atoms with Gasteiger partial charge in [-0.3, -0.25) is 18.4 Å². The lowest BCUT2D eigenvalue weighted by molar-refractivity contribution is 0.390. The molecule has 4 heterocycles. The Bertz CT molecular complexity index is 1560. The maximum atomic E-state index is 13.1. The summed E-state index contributed by atoms with van der Waals surface area (Å²) in [6, 6.07) is 9.69. The van der Waals surface area contributed by atoms with Gasteiger partial charge in [-0.15, -0.1) is 0 Å². The van der Waals surface area contributed by atoms with E-state index in [-0.39, 0.29) is 5.56 Å². The Labute approximate surface area is 183 Å². The van der Waals surface area contributed by atoms with Crippen molar-refractivity contribution in [3.05, 3.63) is 70.5 Å². The normalized spacial score (nSPS) is 11.9. The highest BCUT2D eigenvalue weighted by Crippen LogP contribution is 2.28. The molecule has 32 heavy (non-hydrogen) atoms. The van der Waals surface area contributed by atoms with E-state index in [4.69, 9.17) is 4.98 Å². The summed E-state index contributed by atoms with van der Waals surface area (Å²) in [6.07, 6.45) is 7.92. The van der Waals surface area contributed by atoms with Crippen LogP contribution in [0.3, 0.4) is 0 Å². The van der Waals surface area contributed by atoms with Crippen LogP contribution in [0.15, 0.2) is 53.8 Å². The van der Waals surface area contributed by atoms with Crippen molar-refractivity contribution in [2.75, 3.05) is 0 Å². The van der Waals surface area contributed by atoms with Gasteiger partial charge in [0.25, 0.3) is 5.56 Å². The van der Waals surface area contributed by atoms with Gasteiger partial charge in [-0.1, -0.05) is 19.1 Å². The van der Waals surface area contributed by atoms with Crippen molar-refractivity contribution in [2.45, 2.75) is 39.3 Å². The number of imidazole rings is 2. The molecule has 0 aliphatic rings. The summed E-state index contributed by atoms with van der Waals surface area (Å²) < 4.78 is 5.33. The van der Waals surface area contributed by atoms with E-state index in [0.717, 1.165) is 17.5 Å². The van der Waals surface area contributed by atoms with Gasteiger partial charge in [0.2, 0.25) is 5.78 Å². The number of aromatic nitrogens is 7. The van der Waals surface area contributed by atoms with Gasteiger partial charge in [-0.25, -0.2) is 9.97 Å². The molecule has 0 unspecified atom stereocenters. The fourth-order valence-electron chi connectivity index (χ4n) is 3.99. The van der Waals surface area contributed by atoms with Crippen molar-refractivity contribution < 1.29 is 0 Å². The average Bonchev–Trinajstić information content (AvgIpc) is 3.55. The van der Waals surface area contributed by atoms with Gasteiger partial charge in [-0.2, -0.15) is 10.4 Å². The van der Waals surface area contributed by atoms with E-state index in [2.05, 4.69) is 21.1 Å². The van der Waals surface area contributed by atoms with E-state index in [9.17, 15) is 10.1 Å². The van der Waals surface area contributed by atoms with Crippen LogP contribution in [0.5, 0.6) is 0 Å². The predicted octanol–water partition coefficient (Wildman–Crippen LogP) is 3.30. The third-order valence-electron chi connectivity index (χ3n) is 5.81. The van der Waals surface area contributed by atoms with E-state index < -0.39 is 5.54 Å². The molecular formula is C23H22N8O. The van der Waals surface area contributed by atoms with Crippen molar-refractivity contribution in [1.82, 2.24) is 33.7 Å². The predicted molar refractivity (Wildman–Crippen MR) is 120 cm³/mol. The Balaban J connectivity index is 1.61. The molecule has 5 rings (SSSR count). The highest BCUT2D eigenvalue weighted by Gasteiger charge is 2.25. The fourth-order valence-corrected chi connectivity index (χ4v) is 3.99. The number of hydrogen-bond acceptors (Lipinski definition) is 5. The summed E-state index contributed by atoms with van der Waals surface area (Å²) >= 11 is 0. The minimum Gasteiger partial charge on any atom is -0.332 e. The Morgan fingerprint density at radius 3 is 2.91 bits per heavy atom. The first-order chi connectivity index (χ1) is 15.4. The van der Waals surface area contributed by atoms with Crippen LogP contribution in [-0.2, 0) is 12.1 Å². The van der Waals surface area contributed by atoms with Crippen LogP contribution in [0, 0.1) is 11.3 Å². The summed E-state index contributed by atoms with van der Waals surface area (Å²) in [6.45, 7) is 6.68. The van der Waals surface area contributed by atoms with E-state index in [1.165, 1.54) is 0 Å². The van der Waals surface area contributed by atoms with Gasteiger partial charge in [0.15, 0.2) is 11.2 Å². The first-order valence-electron chi connectivity index (χ1n) is 10.5. The Kier molecular flexibility index (Phi) is 4.44. The molecule has 9 nitrogen and oxygen atoms in total. The molecule has 0 aliphatic heterocycles. The molecule has 0 spiro atoms. The standard InChI is InChI=1S/C23H22N8O/c1-4-9-30-21(32)18-20(29-10-8-25-22(29)30)28-19(27-18)16-13-26-31(14-16)23(2,3)17-7-5-6-15(11-17)12-24/h5-8,10-11,13-14H,4,9H2,1-3H3,(H,27,28). The van der Waals surface area contributed by atoms with Crippen molar-refractivity contribution in [3.8, 4) is 17.5 Å². The summed E-state index contributed by atoms with van der Waals surface area (Å²) in [5.41, 5.74) is 2.70. The molecule has 9 heteroatoms. The smallest absolute Gasteiger partial charge is 0.280 e. The lowest BCUT2D eigenvalue weighted by Gasteiger charge is -2.26. The molecule has 0 radical (unpaired) electrons. The lowest BCUT2D eigenvalue weighted by atomic mass is 9.93. The SMILES string of the molecule is CCCn1c(=O)c2[nH]c(-c3cnn(C(C)(C)c4cccc(C#N)c4)c3)nc2n2ccnc12. The van der Waals surface area contributed by atoms with E-state index in [0.29, 0.717) is 34.9 Å². The van der Waals surface area contributed by atoms with Gasteiger partial charge >= 0.3 is 0 Å².